The highest BCUT2D eigenvalue weighted by Gasteiger charge is 2.24. The second-order valence-corrected chi connectivity index (χ2v) is 5.85. The van der Waals surface area contributed by atoms with E-state index in [1.165, 1.54) is 7.11 Å². The lowest BCUT2D eigenvalue weighted by Crippen LogP contribution is -2.35. The van der Waals surface area contributed by atoms with Gasteiger partial charge in [0.15, 0.2) is 0 Å². The van der Waals surface area contributed by atoms with Crippen LogP contribution in [0.2, 0.25) is 0 Å². The van der Waals surface area contributed by atoms with E-state index in [1.807, 2.05) is 51.1 Å². The van der Waals surface area contributed by atoms with E-state index in [-0.39, 0.29) is 0 Å². The molecule has 2 rings (SSSR count). The van der Waals surface area contributed by atoms with E-state index in [2.05, 4.69) is 5.32 Å². The molecule has 0 aliphatic carbocycles. The average molecular weight is 303 g/mol. The Hall–Kier alpha value is -2.43. The normalized spacial score (nSPS) is 12.5. The van der Waals surface area contributed by atoms with E-state index in [4.69, 9.17) is 13.9 Å². The molecule has 1 N–H and O–H groups in total. The molecule has 1 aromatic carbocycles. The molecule has 1 atom stereocenters. The summed E-state index contributed by atoms with van der Waals surface area (Å²) in [7, 11) is 1.53. The minimum Gasteiger partial charge on any atom is -0.468 e. The molecule has 0 spiro atoms. The fraction of sp³-hybridized carbons (Fsp3) is 0.353. The van der Waals surface area contributed by atoms with E-state index in [1.54, 1.807) is 12.1 Å². The van der Waals surface area contributed by atoms with Crippen molar-refractivity contribution in [2.75, 3.05) is 7.11 Å². The molecule has 0 aliphatic heterocycles. The van der Waals surface area contributed by atoms with Crippen LogP contribution in [0.5, 0.6) is 5.95 Å². The molecule has 2 aromatic rings. The summed E-state index contributed by atoms with van der Waals surface area (Å²) >= 11 is 0. The Bertz CT molecular complexity index is 613. The zero-order valence-corrected chi connectivity index (χ0v) is 13.3. The molecule has 0 aliphatic rings. The summed E-state index contributed by atoms with van der Waals surface area (Å²) < 4.78 is 16.0. The number of rotatable bonds is 4. The van der Waals surface area contributed by atoms with Gasteiger partial charge in [0.25, 0.3) is 5.95 Å². The maximum atomic E-state index is 12.1. The molecule has 0 saturated heterocycles. The molecule has 0 radical (unpaired) electrons. The van der Waals surface area contributed by atoms with Gasteiger partial charge in [0.2, 0.25) is 0 Å². The topological polar surface area (TPSA) is 60.7 Å². The maximum absolute atomic E-state index is 12.1. The van der Waals surface area contributed by atoms with Crippen LogP contribution < -0.4 is 10.1 Å². The Morgan fingerprint density at radius 3 is 2.36 bits per heavy atom. The molecule has 118 valence electrons. The van der Waals surface area contributed by atoms with Gasteiger partial charge in [0, 0.05) is 6.07 Å². The SMILES string of the molecule is COc1ccc(C(NC(=O)OC(C)(C)C)c2ccccc2)o1. The van der Waals surface area contributed by atoms with Crippen molar-refractivity contribution >= 4 is 6.09 Å². The molecule has 5 nitrogen and oxygen atoms in total. The first-order chi connectivity index (χ1) is 10.4. The number of hydrogen-bond donors (Lipinski definition) is 1. The lowest BCUT2D eigenvalue weighted by atomic mass is 10.1. The smallest absolute Gasteiger partial charge is 0.408 e. The largest absolute Gasteiger partial charge is 0.468 e. The maximum Gasteiger partial charge on any atom is 0.408 e. The van der Waals surface area contributed by atoms with Gasteiger partial charge in [-0.25, -0.2) is 4.79 Å². The molecule has 0 fully saturated rings. The predicted octanol–water partition coefficient (Wildman–Crippen LogP) is 3.90. The quantitative estimate of drug-likeness (QED) is 0.930. The molecule has 1 unspecified atom stereocenters. The van der Waals surface area contributed by atoms with Crippen molar-refractivity contribution in [2.24, 2.45) is 0 Å². The predicted molar refractivity (Wildman–Crippen MR) is 82.9 cm³/mol. The van der Waals surface area contributed by atoms with Crippen molar-refractivity contribution in [2.45, 2.75) is 32.4 Å². The average Bonchev–Trinajstić information content (AvgIpc) is 2.92. The second kappa shape index (κ2) is 6.56. The minimum absolute atomic E-state index is 0.391. The zero-order valence-electron chi connectivity index (χ0n) is 13.3. The Morgan fingerprint density at radius 2 is 1.82 bits per heavy atom. The van der Waals surface area contributed by atoms with Crippen LogP contribution in [0.3, 0.4) is 0 Å². The lowest BCUT2D eigenvalue weighted by Gasteiger charge is -2.23. The summed E-state index contributed by atoms with van der Waals surface area (Å²) in [6.45, 7) is 5.46. The second-order valence-electron chi connectivity index (χ2n) is 5.85. The lowest BCUT2D eigenvalue weighted by molar-refractivity contribution is 0.0506. The van der Waals surface area contributed by atoms with Gasteiger partial charge < -0.3 is 19.2 Å². The molecule has 0 bridgehead atoms. The van der Waals surface area contributed by atoms with Gasteiger partial charge in [-0.3, -0.25) is 0 Å². The molecule has 1 heterocycles. The third-order valence-electron chi connectivity index (χ3n) is 2.88. The number of carbonyl (C=O) groups excluding carboxylic acids is 1. The third kappa shape index (κ3) is 4.28. The molecule has 0 saturated carbocycles. The Balaban J connectivity index is 2.24. The number of carbonyl (C=O) groups is 1. The summed E-state index contributed by atoms with van der Waals surface area (Å²) in [6, 6.07) is 12.6. The van der Waals surface area contributed by atoms with Gasteiger partial charge in [-0.05, 0) is 32.4 Å². The number of benzene rings is 1. The van der Waals surface area contributed by atoms with Gasteiger partial charge in [-0.1, -0.05) is 30.3 Å². The number of methoxy groups -OCH3 is 1. The van der Waals surface area contributed by atoms with Crippen LogP contribution in [0, 0.1) is 0 Å². The Morgan fingerprint density at radius 1 is 1.14 bits per heavy atom. The van der Waals surface area contributed by atoms with Gasteiger partial charge >= 0.3 is 6.09 Å². The number of alkyl carbamates (subject to hydrolysis) is 1. The summed E-state index contributed by atoms with van der Waals surface area (Å²) in [5, 5.41) is 2.83. The summed E-state index contributed by atoms with van der Waals surface area (Å²) in [4.78, 5) is 12.1. The van der Waals surface area contributed by atoms with Crippen LogP contribution in [0.1, 0.15) is 38.1 Å². The first-order valence-corrected chi connectivity index (χ1v) is 7.07. The van der Waals surface area contributed by atoms with Gasteiger partial charge in [0.05, 0.1) is 7.11 Å². The first kappa shape index (κ1) is 15.9. The van der Waals surface area contributed by atoms with Crippen molar-refractivity contribution in [3.05, 3.63) is 53.8 Å². The number of ether oxygens (including phenoxy) is 2. The summed E-state index contributed by atoms with van der Waals surface area (Å²) in [5.74, 6) is 0.968. The minimum atomic E-state index is -0.563. The molecular weight excluding hydrogens is 282 g/mol. The zero-order chi connectivity index (χ0) is 16.2. The van der Waals surface area contributed by atoms with Crippen molar-refractivity contribution in [1.82, 2.24) is 5.32 Å². The van der Waals surface area contributed by atoms with E-state index in [0.29, 0.717) is 11.7 Å². The summed E-state index contributed by atoms with van der Waals surface area (Å²) in [6.07, 6.45) is -0.503. The van der Waals surface area contributed by atoms with Gasteiger partial charge in [-0.2, -0.15) is 0 Å². The molecule has 22 heavy (non-hydrogen) atoms. The van der Waals surface area contributed by atoms with Crippen molar-refractivity contribution in [1.29, 1.82) is 0 Å². The Labute approximate surface area is 130 Å². The fourth-order valence-electron chi connectivity index (χ4n) is 1.99. The monoisotopic (exact) mass is 303 g/mol. The van der Waals surface area contributed by atoms with Crippen LogP contribution in [0.25, 0.3) is 0 Å². The Kier molecular flexibility index (Phi) is 4.75. The third-order valence-corrected chi connectivity index (χ3v) is 2.88. The van der Waals surface area contributed by atoms with Gasteiger partial charge in [0.1, 0.15) is 17.4 Å². The number of amides is 1. The van der Waals surface area contributed by atoms with Crippen LogP contribution >= 0.6 is 0 Å². The highest BCUT2D eigenvalue weighted by Crippen LogP contribution is 2.27. The molecule has 1 aromatic heterocycles. The van der Waals surface area contributed by atoms with Crippen LogP contribution in [0.4, 0.5) is 4.79 Å². The molecule has 1 amide bonds. The van der Waals surface area contributed by atoms with Crippen molar-refractivity contribution in [3.63, 3.8) is 0 Å². The van der Waals surface area contributed by atoms with E-state index >= 15 is 0 Å². The van der Waals surface area contributed by atoms with Crippen LogP contribution in [0.15, 0.2) is 46.9 Å². The number of nitrogens with one attached hydrogen (secondary N) is 1. The highest BCUT2D eigenvalue weighted by molar-refractivity contribution is 5.69. The number of hydrogen-bond acceptors (Lipinski definition) is 4. The van der Waals surface area contributed by atoms with Crippen molar-refractivity contribution < 1.29 is 18.7 Å². The van der Waals surface area contributed by atoms with Crippen LogP contribution in [-0.2, 0) is 4.74 Å². The van der Waals surface area contributed by atoms with E-state index in [9.17, 15) is 4.79 Å². The summed E-state index contributed by atoms with van der Waals surface area (Å²) in [5.41, 5.74) is 0.331. The van der Waals surface area contributed by atoms with E-state index in [0.717, 1.165) is 5.56 Å². The van der Waals surface area contributed by atoms with E-state index < -0.39 is 17.7 Å². The first-order valence-electron chi connectivity index (χ1n) is 7.07. The van der Waals surface area contributed by atoms with Crippen LogP contribution in [-0.4, -0.2) is 18.8 Å². The number of furan rings is 1. The molecule has 5 heteroatoms. The van der Waals surface area contributed by atoms with Crippen molar-refractivity contribution in [3.8, 4) is 5.95 Å². The molecular formula is C17H21NO4. The van der Waals surface area contributed by atoms with Gasteiger partial charge in [-0.15, -0.1) is 0 Å². The highest BCUT2D eigenvalue weighted by atomic mass is 16.6. The standard InChI is InChI=1S/C17H21NO4/c1-17(2,3)22-16(19)18-15(12-8-6-5-7-9-12)13-10-11-14(20-4)21-13/h5-11,15H,1-4H3,(H,18,19). The fourth-order valence-corrected chi connectivity index (χ4v) is 1.99.